The van der Waals surface area contributed by atoms with Gasteiger partial charge in [-0.2, -0.15) is 13.2 Å². The number of alkyl halides is 3. The molecular formula is C17H19F3N2O2. The second kappa shape index (κ2) is 7.55. The Hall–Kier alpha value is -2.25. The standard InChI is InChI=1S/C17H19F3N2O2/c18-17(19,20)13-3-1-2-12(10-13)15-11-14(4-5-16(15)21)22(6-8-23)7-9-24/h1-5,10-11,23-24H,6-9,21H2. The molecular weight excluding hydrogens is 321 g/mol. The van der Waals surface area contributed by atoms with E-state index in [2.05, 4.69) is 0 Å². The molecule has 0 radical (unpaired) electrons. The summed E-state index contributed by atoms with van der Waals surface area (Å²) in [6.45, 7) is 0.381. The maximum absolute atomic E-state index is 12.9. The van der Waals surface area contributed by atoms with E-state index in [0.717, 1.165) is 12.1 Å². The average Bonchev–Trinajstić information content (AvgIpc) is 2.54. The number of hydrogen-bond acceptors (Lipinski definition) is 4. The van der Waals surface area contributed by atoms with Crippen molar-refractivity contribution in [2.24, 2.45) is 0 Å². The summed E-state index contributed by atoms with van der Waals surface area (Å²) < 4.78 is 38.7. The van der Waals surface area contributed by atoms with Gasteiger partial charge in [0.25, 0.3) is 0 Å². The highest BCUT2D eigenvalue weighted by molar-refractivity contribution is 5.80. The molecule has 2 rings (SSSR count). The van der Waals surface area contributed by atoms with Crippen molar-refractivity contribution in [1.82, 2.24) is 0 Å². The SMILES string of the molecule is Nc1ccc(N(CCO)CCO)cc1-c1cccc(C(F)(F)F)c1. The molecule has 130 valence electrons. The van der Waals surface area contributed by atoms with Crippen molar-refractivity contribution in [3.05, 3.63) is 48.0 Å². The van der Waals surface area contributed by atoms with Crippen LogP contribution in [0.25, 0.3) is 11.1 Å². The molecule has 0 unspecified atom stereocenters. The van der Waals surface area contributed by atoms with Crippen molar-refractivity contribution in [2.45, 2.75) is 6.18 Å². The quantitative estimate of drug-likeness (QED) is 0.707. The van der Waals surface area contributed by atoms with Gasteiger partial charge in [0, 0.05) is 30.0 Å². The fraction of sp³-hybridized carbons (Fsp3) is 0.294. The summed E-state index contributed by atoms with van der Waals surface area (Å²) in [6, 6.07) is 9.93. The Kier molecular flexibility index (Phi) is 5.69. The van der Waals surface area contributed by atoms with E-state index < -0.39 is 11.7 Å². The number of aliphatic hydroxyl groups is 2. The van der Waals surface area contributed by atoms with Gasteiger partial charge < -0.3 is 20.8 Å². The molecule has 0 aliphatic rings. The van der Waals surface area contributed by atoms with Crippen LogP contribution in [-0.2, 0) is 6.18 Å². The Balaban J connectivity index is 2.45. The number of nitrogen functional groups attached to an aromatic ring is 1. The van der Waals surface area contributed by atoms with Crippen LogP contribution in [0, 0.1) is 0 Å². The Morgan fingerprint density at radius 3 is 2.21 bits per heavy atom. The van der Waals surface area contributed by atoms with Gasteiger partial charge in [-0.15, -0.1) is 0 Å². The summed E-state index contributed by atoms with van der Waals surface area (Å²) in [4.78, 5) is 1.73. The number of nitrogens with two attached hydrogens (primary N) is 1. The first-order valence-electron chi connectivity index (χ1n) is 7.40. The van der Waals surface area contributed by atoms with Crippen LogP contribution in [0.5, 0.6) is 0 Å². The number of rotatable bonds is 6. The predicted molar refractivity (Wildman–Crippen MR) is 87.7 cm³/mol. The first-order valence-corrected chi connectivity index (χ1v) is 7.40. The summed E-state index contributed by atoms with van der Waals surface area (Å²) in [7, 11) is 0. The average molecular weight is 340 g/mol. The van der Waals surface area contributed by atoms with Gasteiger partial charge in [0.1, 0.15) is 0 Å². The summed E-state index contributed by atoms with van der Waals surface area (Å²) in [6.07, 6.45) is -4.43. The van der Waals surface area contributed by atoms with Crippen LogP contribution >= 0.6 is 0 Å². The predicted octanol–water partition coefficient (Wildman–Crippen LogP) is 2.75. The molecule has 4 nitrogen and oxygen atoms in total. The van der Waals surface area contributed by atoms with Gasteiger partial charge in [-0.25, -0.2) is 0 Å². The Morgan fingerprint density at radius 1 is 0.958 bits per heavy atom. The molecule has 0 spiro atoms. The third kappa shape index (κ3) is 4.18. The van der Waals surface area contributed by atoms with E-state index in [9.17, 15) is 13.2 Å². The molecule has 0 aliphatic heterocycles. The van der Waals surface area contributed by atoms with Crippen LogP contribution in [0.4, 0.5) is 24.5 Å². The number of anilines is 2. The molecule has 2 aromatic rings. The van der Waals surface area contributed by atoms with Crippen LogP contribution in [-0.4, -0.2) is 36.5 Å². The minimum atomic E-state index is -4.43. The van der Waals surface area contributed by atoms with Gasteiger partial charge in [0.2, 0.25) is 0 Å². The summed E-state index contributed by atoms with van der Waals surface area (Å²) >= 11 is 0. The zero-order chi connectivity index (χ0) is 17.7. The maximum atomic E-state index is 12.9. The van der Waals surface area contributed by atoms with E-state index in [1.165, 1.54) is 6.07 Å². The highest BCUT2D eigenvalue weighted by Gasteiger charge is 2.30. The fourth-order valence-electron chi connectivity index (χ4n) is 2.47. The molecule has 0 atom stereocenters. The number of halogens is 3. The van der Waals surface area contributed by atoms with Crippen LogP contribution in [0.3, 0.4) is 0 Å². The van der Waals surface area contributed by atoms with Gasteiger partial charge in [0.05, 0.1) is 18.8 Å². The minimum absolute atomic E-state index is 0.108. The lowest BCUT2D eigenvalue weighted by Gasteiger charge is -2.24. The van der Waals surface area contributed by atoms with Crippen molar-refractivity contribution in [2.75, 3.05) is 36.9 Å². The smallest absolute Gasteiger partial charge is 0.398 e. The van der Waals surface area contributed by atoms with Crippen molar-refractivity contribution < 1.29 is 23.4 Å². The largest absolute Gasteiger partial charge is 0.416 e. The zero-order valence-corrected chi connectivity index (χ0v) is 12.9. The van der Waals surface area contributed by atoms with Crippen LogP contribution in [0.2, 0.25) is 0 Å². The molecule has 0 saturated heterocycles. The van der Waals surface area contributed by atoms with Gasteiger partial charge in [0.15, 0.2) is 0 Å². The van der Waals surface area contributed by atoms with Crippen molar-refractivity contribution in [3.63, 3.8) is 0 Å². The Morgan fingerprint density at radius 2 is 1.62 bits per heavy atom. The van der Waals surface area contributed by atoms with Gasteiger partial charge in [-0.05, 0) is 35.9 Å². The van der Waals surface area contributed by atoms with Crippen molar-refractivity contribution in [1.29, 1.82) is 0 Å². The zero-order valence-electron chi connectivity index (χ0n) is 12.9. The van der Waals surface area contributed by atoms with E-state index in [0.29, 0.717) is 35.6 Å². The monoisotopic (exact) mass is 340 g/mol. The maximum Gasteiger partial charge on any atom is 0.416 e. The molecule has 2 aromatic carbocycles. The number of aliphatic hydroxyl groups excluding tert-OH is 2. The highest BCUT2D eigenvalue weighted by atomic mass is 19.4. The first-order chi connectivity index (χ1) is 11.4. The molecule has 0 bridgehead atoms. The van der Waals surface area contributed by atoms with E-state index in [4.69, 9.17) is 15.9 Å². The van der Waals surface area contributed by atoms with Crippen molar-refractivity contribution in [3.8, 4) is 11.1 Å². The third-order valence-corrected chi connectivity index (χ3v) is 3.64. The Labute approximate surface area is 137 Å². The van der Waals surface area contributed by atoms with E-state index >= 15 is 0 Å². The highest BCUT2D eigenvalue weighted by Crippen LogP contribution is 2.35. The fourth-order valence-corrected chi connectivity index (χ4v) is 2.47. The summed E-state index contributed by atoms with van der Waals surface area (Å²) in [5, 5.41) is 18.2. The number of benzene rings is 2. The number of nitrogens with zero attached hydrogens (tertiary/aromatic N) is 1. The summed E-state index contributed by atoms with van der Waals surface area (Å²) in [5.74, 6) is 0. The molecule has 24 heavy (non-hydrogen) atoms. The lowest BCUT2D eigenvalue weighted by molar-refractivity contribution is -0.137. The van der Waals surface area contributed by atoms with Gasteiger partial charge in [-0.1, -0.05) is 12.1 Å². The Bertz CT molecular complexity index is 684. The second-order valence-electron chi connectivity index (χ2n) is 5.28. The second-order valence-corrected chi connectivity index (χ2v) is 5.28. The summed E-state index contributed by atoms with van der Waals surface area (Å²) in [5.41, 5.74) is 7.04. The third-order valence-electron chi connectivity index (χ3n) is 3.64. The number of hydrogen-bond donors (Lipinski definition) is 3. The van der Waals surface area contributed by atoms with Gasteiger partial charge >= 0.3 is 6.18 Å². The molecule has 0 heterocycles. The molecule has 0 aliphatic carbocycles. The topological polar surface area (TPSA) is 69.7 Å². The van der Waals surface area contributed by atoms with E-state index in [-0.39, 0.29) is 13.2 Å². The lowest BCUT2D eigenvalue weighted by atomic mass is 10.0. The molecule has 0 fully saturated rings. The molecule has 0 saturated carbocycles. The molecule has 7 heteroatoms. The normalized spacial score (nSPS) is 11.5. The molecule has 4 N–H and O–H groups in total. The molecule has 0 aromatic heterocycles. The minimum Gasteiger partial charge on any atom is -0.398 e. The molecule has 0 amide bonds. The van der Waals surface area contributed by atoms with E-state index in [1.807, 2.05) is 0 Å². The lowest BCUT2D eigenvalue weighted by Crippen LogP contribution is -2.29. The van der Waals surface area contributed by atoms with Crippen LogP contribution < -0.4 is 10.6 Å². The first kappa shape index (κ1) is 18.1. The van der Waals surface area contributed by atoms with Crippen LogP contribution in [0.15, 0.2) is 42.5 Å². The van der Waals surface area contributed by atoms with Crippen LogP contribution in [0.1, 0.15) is 5.56 Å². The van der Waals surface area contributed by atoms with E-state index in [1.54, 1.807) is 29.2 Å². The van der Waals surface area contributed by atoms with Crippen molar-refractivity contribution >= 4 is 11.4 Å². The van der Waals surface area contributed by atoms with Gasteiger partial charge in [-0.3, -0.25) is 0 Å².